The monoisotopic (exact) mass is 418 g/mol. The number of hydrogen-bond donors (Lipinski definition) is 2. The fourth-order valence-electron chi connectivity index (χ4n) is 4.30. The van der Waals surface area contributed by atoms with E-state index in [1.165, 1.54) is 89.9 Å². The van der Waals surface area contributed by atoms with E-state index in [2.05, 4.69) is 16.9 Å². The Hall–Kier alpha value is -1.85. The molecule has 2 heterocycles. The number of amides is 1. The number of nitrogens with two attached hydrogens (primary N) is 1. The number of anilines is 2. The standard InChI is InChI=1S/C24H42N4O2/c1-2-3-4-5-6-7-8-9-10-11-12-13-14-15-16-17-18-28-21(29)19-20-22(28)26-24(25)27-23(20)30/h2-19H2,1H3,(H3,25,26,27,30). The van der Waals surface area contributed by atoms with Gasteiger partial charge in [-0.15, -0.1) is 0 Å². The SMILES string of the molecule is CCCCCCCCCCCCCCCCCCN1C(=O)Cc2c1nc(N)[nH]c2=O. The van der Waals surface area contributed by atoms with Crippen LogP contribution in [0.15, 0.2) is 4.79 Å². The number of rotatable bonds is 17. The molecule has 1 aliphatic heterocycles. The molecular weight excluding hydrogens is 376 g/mol. The molecule has 0 saturated carbocycles. The summed E-state index contributed by atoms with van der Waals surface area (Å²) < 4.78 is 0. The summed E-state index contributed by atoms with van der Waals surface area (Å²) in [5.74, 6) is 0.488. The number of nitrogens with one attached hydrogen (secondary N) is 1. The van der Waals surface area contributed by atoms with Crippen molar-refractivity contribution in [3.8, 4) is 0 Å². The van der Waals surface area contributed by atoms with Crippen LogP contribution in [0.25, 0.3) is 0 Å². The Balaban J connectivity index is 1.43. The van der Waals surface area contributed by atoms with Crippen molar-refractivity contribution in [2.75, 3.05) is 17.2 Å². The molecule has 0 unspecified atom stereocenters. The van der Waals surface area contributed by atoms with Crippen LogP contribution in [0.3, 0.4) is 0 Å². The van der Waals surface area contributed by atoms with E-state index >= 15 is 0 Å². The van der Waals surface area contributed by atoms with Crippen LogP contribution >= 0.6 is 0 Å². The fraction of sp³-hybridized carbons (Fsp3) is 0.792. The lowest BCUT2D eigenvalue weighted by Crippen LogP contribution is -2.28. The zero-order chi connectivity index (χ0) is 21.6. The van der Waals surface area contributed by atoms with Crippen molar-refractivity contribution in [2.24, 2.45) is 0 Å². The number of aromatic amines is 1. The van der Waals surface area contributed by atoms with E-state index in [-0.39, 0.29) is 23.8 Å². The molecular formula is C24H42N4O2. The first-order valence-corrected chi connectivity index (χ1v) is 12.3. The Labute approximate surface area is 182 Å². The van der Waals surface area contributed by atoms with E-state index in [1.807, 2.05) is 0 Å². The van der Waals surface area contributed by atoms with Gasteiger partial charge in [-0.05, 0) is 6.42 Å². The van der Waals surface area contributed by atoms with Gasteiger partial charge < -0.3 is 5.73 Å². The van der Waals surface area contributed by atoms with Crippen LogP contribution in [0, 0.1) is 0 Å². The van der Waals surface area contributed by atoms with Crippen molar-refractivity contribution in [3.63, 3.8) is 0 Å². The van der Waals surface area contributed by atoms with Crippen molar-refractivity contribution in [2.45, 2.75) is 116 Å². The number of H-pyrrole nitrogens is 1. The molecule has 170 valence electrons. The number of carbonyl (C=O) groups is 1. The van der Waals surface area contributed by atoms with Crippen molar-refractivity contribution >= 4 is 17.7 Å². The van der Waals surface area contributed by atoms with Gasteiger partial charge in [0.25, 0.3) is 5.56 Å². The number of aromatic nitrogens is 2. The third-order valence-corrected chi connectivity index (χ3v) is 6.13. The number of hydrogen-bond acceptors (Lipinski definition) is 4. The first-order valence-electron chi connectivity index (χ1n) is 12.3. The largest absolute Gasteiger partial charge is 0.369 e. The van der Waals surface area contributed by atoms with Crippen molar-refractivity contribution in [1.82, 2.24) is 9.97 Å². The van der Waals surface area contributed by atoms with Crippen molar-refractivity contribution in [3.05, 3.63) is 15.9 Å². The van der Waals surface area contributed by atoms with Gasteiger partial charge in [-0.1, -0.05) is 103 Å². The predicted octanol–water partition coefficient (Wildman–Crippen LogP) is 5.50. The van der Waals surface area contributed by atoms with Crippen LogP contribution in [0.4, 0.5) is 11.8 Å². The first-order chi connectivity index (χ1) is 14.6. The third-order valence-electron chi connectivity index (χ3n) is 6.13. The lowest BCUT2D eigenvalue weighted by atomic mass is 10.0. The molecule has 0 atom stereocenters. The Bertz CT molecular complexity index is 686. The molecule has 0 aromatic carbocycles. The second-order valence-corrected chi connectivity index (χ2v) is 8.78. The number of fused-ring (bicyclic) bond motifs is 1. The van der Waals surface area contributed by atoms with E-state index in [1.54, 1.807) is 4.90 Å². The lowest BCUT2D eigenvalue weighted by Gasteiger charge is -2.16. The Morgan fingerprint density at radius 2 is 1.27 bits per heavy atom. The van der Waals surface area contributed by atoms with E-state index in [4.69, 9.17) is 5.73 Å². The molecule has 6 nitrogen and oxygen atoms in total. The Kier molecular flexibility index (Phi) is 11.6. The highest BCUT2D eigenvalue weighted by atomic mass is 16.2. The summed E-state index contributed by atoms with van der Waals surface area (Å²) >= 11 is 0. The van der Waals surface area contributed by atoms with Crippen LogP contribution in [-0.2, 0) is 11.2 Å². The van der Waals surface area contributed by atoms with Crippen LogP contribution in [0.5, 0.6) is 0 Å². The normalized spacial score (nSPS) is 13.2. The molecule has 0 radical (unpaired) electrons. The smallest absolute Gasteiger partial charge is 0.258 e. The lowest BCUT2D eigenvalue weighted by molar-refractivity contribution is -0.117. The molecule has 0 spiro atoms. The van der Waals surface area contributed by atoms with Gasteiger partial charge in [0, 0.05) is 6.54 Å². The first kappa shape index (κ1) is 24.4. The Morgan fingerprint density at radius 1 is 0.800 bits per heavy atom. The minimum atomic E-state index is -0.291. The fourth-order valence-corrected chi connectivity index (χ4v) is 4.30. The molecule has 1 amide bonds. The number of nitrogens with zero attached hydrogens (tertiary/aromatic N) is 2. The van der Waals surface area contributed by atoms with Gasteiger partial charge in [0.15, 0.2) is 0 Å². The summed E-state index contributed by atoms with van der Waals surface area (Å²) in [6.45, 7) is 2.90. The highest BCUT2D eigenvalue weighted by Gasteiger charge is 2.31. The van der Waals surface area contributed by atoms with E-state index in [9.17, 15) is 9.59 Å². The maximum atomic E-state index is 12.2. The summed E-state index contributed by atoms with van der Waals surface area (Å²) in [4.78, 5) is 32.3. The highest BCUT2D eigenvalue weighted by Crippen LogP contribution is 2.24. The molecule has 0 saturated heterocycles. The summed E-state index contributed by atoms with van der Waals surface area (Å²) in [5.41, 5.74) is 5.78. The molecule has 1 aromatic heterocycles. The van der Waals surface area contributed by atoms with Gasteiger partial charge >= 0.3 is 0 Å². The van der Waals surface area contributed by atoms with E-state index in [0.29, 0.717) is 17.9 Å². The molecule has 1 aliphatic rings. The third kappa shape index (κ3) is 8.49. The molecule has 0 bridgehead atoms. The summed E-state index contributed by atoms with van der Waals surface area (Å²) in [6, 6.07) is 0. The van der Waals surface area contributed by atoms with Crippen molar-refractivity contribution in [1.29, 1.82) is 0 Å². The summed E-state index contributed by atoms with van der Waals surface area (Å²) in [7, 11) is 0. The van der Waals surface area contributed by atoms with Gasteiger partial charge in [-0.25, -0.2) is 0 Å². The van der Waals surface area contributed by atoms with Crippen LogP contribution in [0.1, 0.15) is 115 Å². The molecule has 0 aliphatic carbocycles. The van der Waals surface area contributed by atoms with Gasteiger partial charge in [-0.2, -0.15) is 4.98 Å². The average Bonchev–Trinajstić information content (AvgIpc) is 3.03. The quantitative estimate of drug-likeness (QED) is 0.327. The van der Waals surface area contributed by atoms with Crippen molar-refractivity contribution < 1.29 is 4.79 Å². The molecule has 3 N–H and O–H groups in total. The minimum Gasteiger partial charge on any atom is -0.369 e. The average molecular weight is 419 g/mol. The summed E-state index contributed by atoms with van der Waals surface area (Å²) in [6.07, 6.45) is 21.3. The topological polar surface area (TPSA) is 92.1 Å². The molecule has 1 aromatic rings. The van der Waals surface area contributed by atoms with Gasteiger partial charge in [0.1, 0.15) is 5.82 Å². The van der Waals surface area contributed by atoms with Crippen LogP contribution < -0.4 is 16.2 Å². The number of nitrogen functional groups attached to an aromatic ring is 1. The number of carbonyl (C=O) groups excluding carboxylic acids is 1. The second-order valence-electron chi connectivity index (χ2n) is 8.78. The highest BCUT2D eigenvalue weighted by molar-refractivity contribution is 6.00. The van der Waals surface area contributed by atoms with Gasteiger partial charge in [-0.3, -0.25) is 19.5 Å². The maximum absolute atomic E-state index is 12.2. The van der Waals surface area contributed by atoms with Crippen LogP contribution in [0.2, 0.25) is 0 Å². The van der Waals surface area contributed by atoms with Gasteiger partial charge in [0.2, 0.25) is 11.9 Å². The zero-order valence-electron chi connectivity index (χ0n) is 19.0. The van der Waals surface area contributed by atoms with E-state index in [0.717, 1.165) is 12.8 Å². The molecule has 30 heavy (non-hydrogen) atoms. The number of unbranched alkanes of at least 4 members (excludes halogenated alkanes) is 15. The van der Waals surface area contributed by atoms with E-state index < -0.39 is 0 Å². The van der Waals surface area contributed by atoms with Gasteiger partial charge in [0.05, 0.1) is 12.0 Å². The second kappa shape index (κ2) is 14.2. The molecule has 2 rings (SSSR count). The summed E-state index contributed by atoms with van der Waals surface area (Å²) in [5, 5.41) is 0. The predicted molar refractivity (Wildman–Crippen MR) is 125 cm³/mol. The zero-order valence-corrected chi connectivity index (χ0v) is 19.0. The minimum absolute atomic E-state index is 0.0467. The molecule has 0 fully saturated rings. The Morgan fingerprint density at radius 3 is 1.77 bits per heavy atom. The molecule has 6 heteroatoms. The maximum Gasteiger partial charge on any atom is 0.258 e. The van der Waals surface area contributed by atoms with Crippen LogP contribution in [-0.4, -0.2) is 22.4 Å².